The van der Waals surface area contributed by atoms with Crippen LogP contribution in [-0.2, 0) is 25.7 Å². The number of nitrogens with zero attached hydrogens (tertiary/aromatic N) is 1. The van der Waals surface area contributed by atoms with Crippen molar-refractivity contribution in [3.8, 4) is 0 Å². The molecule has 1 atom stereocenters. The number of rotatable bonds is 3. The molecule has 1 unspecified atom stereocenters. The summed E-state index contributed by atoms with van der Waals surface area (Å²) in [6.07, 6.45) is 0. The predicted octanol–water partition coefficient (Wildman–Crippen LogP) is 1.89. The molecule has 1 fully saturated rings. The van der Waals surface area contributed by atoms with E-state index in [-0.39, 0.29) is 33.8 Å². The van der Waals surface area contributed by atoms with Gasteiger partial charge in [0.2, 0.25) is 10.0 Å². The maximum atomic E-state index is 12.6. The van der Waals surface area contributed by atoms with Gasteiger partial charge in [-0.3, -0.25) is 0 Å². The standard InChI is InChI=1S/C12H15Cl2NO4S2/c1-9-8-20(16,17)5-4-15(9)21(18,19)11-3-2-10(7-13)12(14)6-11/h2-3,6,9H,4-5,7-8H2,1H3. The Morgan fingerprint density at radius 3 is 2.57 bits per heavy atom. The van der Waals surface area contributed by atoms with Crippen LogP contribution in [0.5, 0.6) is 0 Å². The second kappa shape index (κ2) is 6.04. The highest BCUT2D eigenvalue weighted by molar-refractivity contribution is 7.92. The molecule has 5 nitrogen and oxygen atoms in total. The minimum Gasteiger partial charge on any atom is -0.229 e. The molecule has 1 aliphatic rings. The molecule has 1 aromatic carbocycles. The van der Waals surface area contributed by atoms with Crippen LogP contribution in [0.15, 0.2) is 23.1 Å². The molecule has 0 saturated carbocycles. The van der Waals surface area contributed by atoms with Gasteiger partial charge in [0, 0.05) is 23.5 Å². The van der Waals surface area contributed by atoms with Crippen LogP contribution in [-0.4, -0.2) is 45.2 Å². The number of sulfone groups is 1. The largest absolute Gasteiger partial charge is 0.243 e. The molecule has 0 N–H and O–H groups in total. The van der Waals surface area contributed by atoms with E-state index in [1.807, 2.05) is 0 Å². The van der Waals surface area contributed by atoms with Gasteiger partial charge in [-0.05, 0) is 24.6 Å². The third-order valence-electron chi connectivity index (χ3n) is 3.38. The first-order valence-corrected chi connectivity index (χ1v) is 10.4. The van der Waals surface area contributed by atoms with Crippen molar-refractivity contribution in [2.75, 3.05) is 18.1 Å². The molecule has 118 valence electrons. The SMILES string of the molecule is CC1CS(=O)(=O)CCN1S(=O)(=O)c1ccc(CCl)c(Cl)c1. The molecule has 21 heavy (non-hydrogen) atoms. The first kappa shape index (κ1) is 17.0. The molecule has 2 rings (SSSR count). The maximum Gasteiger partial charge on any atom is 0.243 e. The van der Waals surface area contributed by atoms with E-state index in [1.165, 1.54) is 16.4 Å². The number of benzene rings is 1. The average molecular weight is 372 g/mol. The van der Waals surface area contributed by atoms with Crippen LogP contribution in [0.4, 0.5) is 0 Å². The fourth-order valence-electron chi connectivity index (χ4n) is 2.27. The van der Waals surface area contributed by atoms with E-state index in [1.54, 1.807) is 13.0 Å². The van der Waals surface area contributed by atoms with Gasteiger partial charge < -0.3 is 0 Å². The van der Waals surface area contributed by atoms with Crippen molar-refractivity contribution in [3.63, 3.8) is 0 Å². The second-order valence-corrected chi connectivity index (χ2v) is 9.76. The summed E-state index contributed by atoms with van der Waals surface area (Å²) in [5.41, 5.74) is 0.645. The smallest absolute Gasteiger partial charge is 0.229 e. The molecule has 1 heterocycles. The van der Waals surface area contributed by atoms with E-state index in [4.69, 9.17) is 23.2 Å². The Morgan fingerprint density at radius 2 is 2.05 bits per heavy atom. The van der Waals surface area contributed by atoms with Crippen molar-refractivity contribution in [1.82, 2.24) is 4.31 Å². The van der Waals surface area contributed by atoms with Gasteiger partial charge in [-0.15, -0.1) is 11.6 Å². The normalized spacial score (nSPS) is 23.1. The molecule has 0 radical (unpaired) electrons. The molecular weight excluding hydrogens is 357 g/mol. The summed E-state index contributed by atoms with van der Waals surface area (Å²) in [4.78, 5) is 0.0486. The Bertz CT molecular complexity index is 747. The van der Waals surface area contributed by atoms with Crippen molar-refractivity contribution >= 4 is 43.1 Å². The highest BCUT2D eigenvalue weighted by Gasteiger charge is 2.36. The molecule has 1 saturated heterocycles. The highest BCUT2D eigenvalue weighted by Crippen LogP contribution is 2.27. The Hall–Kier alpha value is -0.340. The quantitative estimate of drug-likeness (QED) is 0.760. The number of halogens is 2. The second-order valence-electron chi connectivity index (χ2n) is 4.97. The number of hydrogen-bond acceptors (Lipinski definition) is 4. The van der Waals surface area contributed by atoms with Crippen LogP contribution in [0.3, 0.4) is 0 Å². The van der Waals surface area contributed by atoms with Crippen LogP contribution in [0, 0.1) is 0 Å². The lowest BCUT2D eigenvalue weighted by Crippen LogP contribution is -2.49. The zero-order chi connectivity index (χ0) is 15.8. The zero-order valence-corrected chi connectivity index (χ0v) is 14.4. The van der Waals surface area contributed by atoms with Gasteiger partial charge in [-0.25, -0.2) is 16.8 Å². The molecule has 0 bridgehead atoms. The first-order chi connectivity index (χ1) is 9.67. The number of sulfonamides is 1. The summed E-state index contributed by atoms with van der Waals surface area (Å²) < 4.78 is 49.5. The summed E-state index contributed by atoms with van der Waals surface area (Å²) in [5, 5.41) is 0.281. The lowest BCUT2D eigenvalue weighted by atomic mass is 10.2. The first-order valence-electron chi connectivity index (χ1n) is 6.24. The van der Waals surface area contributed by atoms with Crippen molar-refractivity contribution in [3.05, 3.63) is 28.8 Å². The number of hydrogen-bond donors (Lipinski definition) is 0. The lowest BCUT2D eigenvalue weighted by Gasteiger charge is -2.32. The Morgan fingerprint density at radius 1 is 1.38 bits per heavy atom. The molecular formula is C12H15Cl2NO4S2. The predicted molar refractivity (Wildman–Crippen MR) is 83.0 cm³/mol. The van der Waals surface area contributed by atoms with Gasteiger partial charge in [0.25, 0.3) is 0 Å². The zero-order valence-electron chi connectivity index (χ0n) is 11.3. The minimum atomic E-state index is -3.77. The highest BCUT2D eigenvalue weighted by atomic mass is 35.5. The van der Waals surface area contributed by atoms with E-state index in [2.05, 4.69) is 0 Å². The summed E-state index contributed by atoms with van der Waals surface area (Å²) in [6.45, 7) is 1.55. The van der Waals surface area contributed by atoms with Crippen molar-refractivity contribution in [1.29, 1.82) is 0 Å². The fraction of sp³-hybridized carbons (Fsp3) is 0.500. The number of alkyl halides is 1. The average Bonchev–Trinajstić information content (AvgIpc) is 2.36. The molecule has 0 spiro atoms. The third kappa shape index (κ3) is 3.53. The van der Waals surface area contributed by atoms with Gasteiger partial charge in [0.1, 0.15) is 0 Å². The van der Waals surface area contributed by atoms with Gasteiger partial charge in [0.05, 0.1) is 16.4 Å². The van der Waals surface area contributed by atoms with E-state index >= 15 is 0 Å². The molecule has 0 aromatic heterocycles. The molecule has 1 aromatic rings. The topological polar surface area (TPSA) is 71.5 Å². The minimum absolute atomic E-state index is 0.0410. The summed E-state index contributed by atoms with van der Waals surface area (Å²) >= 11 is 11.7. The van der Waals surface area contributed by atoms with E-state index < -0.39 is 25.9 Å². The van der Waals surface area contributed by atoms with Crippen molar-refractivity contribution in [2.45, 2.75) is 23.7 Å². The van der Waals surface area contributed by atoms with E-state index in [9.17, 15) is 16.8 Å². The lowest BCUT2D eigenvalue weighted by molar-refractivity contribution is 0.357. The van der Waals surface area contributed by atoms with Crippen molar-refractivity contribution in [2.24, 2.45) is 0 Å². The van der Waals surface area contributed by atoms with Crippen LogP contribution < -0.4 is 0 Å². The Labute approximate surface area is 134 Å². The van der Waals surface area contributed by atoms with Crippen molar-refractivity contribution < 1.29 is 16.8 Å². The van der Waals surface area contributed by atoms with Gasteiger partial charge in [0.15, 0.2) is 9.84 Å². The van der Waals surface area contributed by atoms with Gasteiger partial charge in [-0.1, -0.05) is 17.7 Å². The Kier molecular flexibility index (Phi) is 4.90. The maximum absolute atomic E-state index is 12.6. The van der Waals surface area contributed by atoms with Crippen LogP contribution >= 0.6 is 23.2 Å². The molecule has 0 amide bonds. The fourth-order valence-corrected chi connectivity index (χ4v) is 6.31. The van der Waals surface area contributed by atoms with Crippen LogP contribution in [0.1, 0.15) is 12.5 Å². The molecule has 9 heteroatoms. The van der Waals surface area contributed by atoms with E-state index in [0.717, 1.165) is 0 Å². The van der Waals surface area contributed by atoms with Gasteiger partial charge in [-0.2, -0.15) is 4.31 Å². The third-order valence-corrected chi connectivity index (χ3v) is 7.83. The van der Waals surface area contributed by atoms with E-state index in [0.29, 0.717) is 5.56 Å². The van der Waals surface area contributed by atoms with Crippen LogP contribution in [0.25, 0.3) is 0 Å². The molecule has 1 aliphatic heterocycles. The van der Waals surface area contributed by atoms with Gasteiger partial charge >= 0.3 is 0 Å². The summed E-state index contributed by atoms with van der Waals surface area (Å²) in [7, 11) is -6.94. The summed E-state index contributed by atoms with van der Waals surface area (Å²) in [5.74, 6) is -0.138. The monoisotopic (exact) mass is 371 g/mol. The Balaban J connectivity index is 2.36. The summed E-state index contributed by atoms with van der Waals surface area (Å²) in [6, 6.07) is 3.76. The van der Waals surface area contributed by atoms with Crippen LogP contribution in [0.2, 0.25) is 5.02 Å². The molecule has 0 aliphatic carbocycles.